The summed E-state index contributed by atoms with van der Waals surface area (Å²) in [6, 6.07) is 0. The molecule has 1 fully saturated rings. The second kappa shape index (κ2) is 4.27. The molecule has 1 unspecified atom stereocenters. The van der Waals surface area contributed by atoms with E-state index in [0.29, 0.717) is 6.42 Å². The van der Waals surface area contributed by atoms with E-state index in [1.807, 2.05) is 26.0 Å². The molecule has 0 aromatic heterocycles. The number of carboxylic acids is 1. The average molecular weight is 192 g/mol. The highest BCUT2D eigenvalue weighted by Crippen LogP contribution is 2.35. The number of hydrogen-bond donors (Lipinski definition) is 1. The largest absolute Gasteiger partial charge is 0.481 e. The van der Waals surface area contributed by atoms with Crippen LogP contribution >= 0.6 is 0 Å². The summed E-state index contributed by atoms with van der Waals surface area (Å²) in [6.45, 7) is 7.87. The van der Waals surface area contributed by atoms with Gasteiger partial charge in [0.15, 0.2) is 0 Å². The maximum absolute atomic E-state index is 10.9. The molecule has 0 heterocycles. The smallest absolute Gasteiger partial charge is 0.310 e. The molecule has 0 spiro atoms. The highest BCUT2D eigenvalue weighted by Gasteiger charge is 2.29. The first-order valence-corrected chi connectivity index (χ1v) is 4.78. The number of carbonyl (C=O) groups is 1. The van der Waals surface area contributed by atoms with Crippen LogP contribution in [0.2, 0.25) is 0 Å². The lowest BCUT2D eigenvalue weighted by atomic mass is 10.0. The molecule has 1 saturated carbocycles. The summed E-state index contributed by atoms with van der Waals surface area (Å²) in [5.74, 6) is -1.09. The molecule has 1 rings (SSSR count). The zero-order chi connectivity index (χ0) is 10.7. The Bertz CT molecular complexity index is 317. The van der Waals surface area contributed by atoms with Gasteiger partial charge in [0.25, 0.3) is 0 Å². The molecule has 1 atom stereocenters. The average Bonchev–Trinajstić information content (AvgIpc) is 2.43. The van der Waals surface area contributed by atoms with Crippen LogP contribution < -0.4 is 0 Å². The van der Waals surface area contributed by atoms with Crippen molar-refractivity contribution in [3.05, 3.63) is 35.5 Å². The van der Waals surface area contributed by atoms with Crippen LogP contribution in [0.25, 0.3) is 0 Å². The first kappa shape index (κ1) is 10.8. The lowest BCUT2D eigenvalue weighted by molar-refractivity contribution is -0.140. The van der Waals surface area contributed by atoms with E-state index in [2.05, 4.69) is 6.58 Å². The van der Waals surface area contributed by atoms with Crippen LogP contribution in [0.4, 0.5) is 0 Å². The van der Waals surface area contributed by atoms with Gasteiger partial charge in [-0.3, -0.25) is 4.79 Å². The van der Waals surface area contributed by atoms with Crippen LogP contribution in [-0.2, 0) is 4.79 Å². The molecule has 14 heavy (non-hydrogen) atoms. The van der Waals surface area contributed by atoms with Crippen LogP contribution in [-0.4, -0.2) is 11.1 Å². The van der Waals surface area contributed by atoms with E-state index in [4.69, 9.17) is 5.11 Å². The minimum absolute atomic E-state index is 0.349. The number of rotatable bonds is 2. The third kappa shape index (κ3) is 2.34. The molecule has 2 heteroatoms. The summed E-state index contributed by atoms with van der Waals surface area (Å²) in [5, 5.41) is 8.96. The number of carboxylic acid groups (broad SMARTS) is 1. The molecule has 0 amide bonds. The molecule has 0 radical (unpaired) electrons. The van der Waals surface area contributed by atoms with Gasteiger partial charge in [-0.2, -0.15) is 0 Å². The van der Waals surface area contributed by atoms with Gasteiger partial charge >= 0.3 is 5.97 Å². The third-order valence-corrected chi connectivity index (χ3v) is 2.41. The van der Waals surface area contributed by atoms with Crippen LogP contribution in [0.5, 0.6) is 0 Å². The van der Waals surface area contributed by atoms with Gasteiger partial charge < -0.3 is 5.11 Å². The number of aliphatic carboxylic acids is 1. The number of allylic oxidation sites excluding steroid dienone is 4. The van der Waals surface area contributed by atoms with Crippen molar-refractivity contribution in [3.63, 3.8) is 0 Å². The van der Waals surface area contributed by atoms with Crippen LogP contribution in [0, 0.1) is 5.92 Å². The van der Waals surface area contributed by atoms with Crippen molar-refractivity contribution in [2.75, 3.05) is 0 Å². The number of hydrogen-bond acceptors (Lipinski definition) is 1. The molecular formula is C12H16O2. The fourth-order valence-corrected chi connectivity index (χ4v) is 1.61. The topological polar surface area (TPSA) is 37.3 Å². The molecule has 0 saturated heterocycles. The van der Waals surface area contributed by atoms with Gasteiger partial charge in [-0.25, -0.2) is 0 Å². The fourth-order valence-electron chi connectivity index (χ4n) is 1.61. The Labute approximate surface area is 84.6 Å². The van der Waals surface area contributed by atoms with Crippen molar-refractivity contribution in [3.8, 4) is 0 Å². The van der Waals surface area contributed by atoms with Gasteiger partial charge in [0.2, 0.25) is 0 Å². The highest BCUT2D eigenvalue weighted by molar-refractivity contribution is 5.76. The minimum atomic E-state index is -0.739. The predicted octanol–water partition coefficient (Wildman–Crippen LogP) is 2.93. The Kier molecular flexibility index (Phi) is 3.28. The minimum Gasteiger partial charge on any atom is -0.481 e. The standard InChI is InChI=1S/C12H16O2/c1-8(2)4-6-10-9(3)5-7-11(10)12(13)14/h4,6,11H,3,5,7H2,1-2H3,(H,13,14)/b10-6+. The Morgan fingerprint density at radius 3 is 2.71 bits per heavy atom. The monoisotopic (exact) mass is 192 g/mol. The van der Waals surface area contributed by atoms with E-state index < -0.39 is 5.97 Å². The Balaban J connectivity index is 2.93. The summed E-state index contributed by atoms with van der Waals surface area (Å²) >= 11 is 0. The first-order chi connectivity index (χ1) is 6.52. The Morgan fingerprint density at radius 1 is 1.57 bits per heavy atom. The molecule has 76 valence electrons. The van der Waals surface area contributed by atoms with Crippen LogP contribution in [0.15, 0.2) is 35.5 Å². The van der Waals surface area contributed by atoms with E-state index in [1.54, 1.807) is 0 Å². The van der Waals surface area contributed by atoms with Crippen molar-refractivity contribution in [2.24, 2.45) is 5.92 Å². The van der Waals surface area contributed by atoms with E-state index in [-0.39, 0.29) is 5.92 Å². The normalized spacial score (nSPS) is 24.0. The summed E-state index contributed by atoms with van der Waals surface area (Å²) in [5.41, 5.74) is 3.02. The molecule has 0 aliphatic heterocycles. The Hall–Kier alpha value is -1.31. The molecule has 1 aliphatic rings. The first-order valence-electron chi connectivity index (χ1n) is 4.78. The maximum Gasteiger partial charge on any atom is 0.310 e. The zero-order valence-electron chi connectivity index (χ0n) is 8.71. The predicted molar refractivity (Wildman–Crippen MR) is 57.0 cm³/mol. The van der Waals surface area contributed by atoms with E-state index in [0.717, 1.165) is 17.6 Å². The zero-order valence-corrected chi connectivity index (χ0v) is 8.71. The fraction of sp³-hybridized carbons (Fsp3) is 0.417. The second-order valence-electron chi connectivity index (χ2n) is 3.90. The molecule has 2 nitrogen and oxygen atoms in total. The summed E-state index contributed by atoms with van der Waals surface area (Å²) in [4.78, 5) is 10.9. The summed E-state index contributed by atoms with van der Waals surface area (Å²) in [7, 11) is 0. The van der Waals surface area contributed by atoms with Gasteiger partial charge in [-0.05, 0) is 32.3 Å². The van der Waals surface area contributed by atoms with Crippen molar-refractivity contribution in [2.45, 2.75) is 26.7 Å². The van der Waals surface area contributed by atoms with Crippen molar-refractivity contribution in [1.82, 2.24) is 0 Å². The highest BCUT2D eigenvalue weighted by atomic mass is 16.4. The lowest BCUT2D eigenvalue weighted by Gasteiger charge is -2.05. The molecule has 0 aromatic rings. The molecule has 1 N–H and O–H groups in total. The van der Waals surface area contributed by atoms with Crippen LogP contribution in [0.3, 0.4) is 0 Å². The SMILES string of the molecule is C=C1CCC(C(=O)O)/C1=C/C=C(C)C. The third-order valence-electron chi connectivity index (χ3n) is 2.41. The van der Waals surface area contributed by atoms with E-state index >= 15 is 0 Å². The van der Waals surface area contributed by atoms with Gasteiger partial charge in [-0.15, -0.1) is 0 Å². The van der Waals surface area contributed by atoms with Gasteiger partial charge in [0, 0.05) is 0 Å². The van der Waals surface area contributed by atoms with Crippen LogP contribution in [0.1, 0.15) is 26.7 Å². The quantitative estimate of drug-likeness (QED) is 0.730. The van der Waals surface area contributed by atoms with E-state index in [1.165, 1.54) is 5.57 Å². The van der Waals surface area contributed by atoms with Gasteiger partial charge in [0.05, 0.1) is 5.92 Å². The van der Waals surface area contributed by atoms with Crippen molar-refractivity contribution >= 4 is 5.97 Å². The summed E-state index contributed by atoms with van der Waals surface area (Å²) < 4.78 is 0. The van der Waals surface area contributed by atoms with Gasteiger partial charge in [-0.1, -0.05) is 29.9 Å². The summed E-state index contributed by atoms with van der Waals surface area (Å²) in [6.07, 6.45) is 5.33. The molecular weight excluding hydrogens is 176 g/mol. The van der Waals surface area contributed by atoms with Gasteiger partial charge in [0.1, 0.15) is 0 Å². The lowest BCUT2D eigenvalue weighted by Crippen LogP contribution is -2.11. The van der Waals surface area contributed by atoms with Crippen molar-refractivity contribution in [1.29, 1.82) is 0 Å². The second-order valence-corrected chi connectivity index (χ2v) is 3.90. The maximum atomic E-state index is 10.9. The molecule has 1 aliphatic carbocycles. The Morgan fingerprint density at radius 2 is 2.21 bits per heavy atom. The van der Waals surface area contributed by atoms with Crippen molar-refractivity contribution < 1.29 is 9.90 Å². The molecule has 0 aromatic carbocycles. The van der Waals surface area contributed by atoms with E-state index in [9.17, 15) is 4.79 Å². The molecule has 0 bridgehead atoms.